The van der Waals surface area contributed by atoms with Crippen molar-refractivity contribution >= 4 is 11.8 Å². The zero-order chi connectivity index (χ0) is 17.2. The van der Waals surface area contributed by atoms with Gasteiger partial charge in [-0.05, 0) is 55.8 Å². The number of allylic oxidation sites excluding steroid dienone is 1. The van der Waals surface area contributed by atoms with Gasteiger partial charge >= 0.3 is 0 Å². The van der Waals surface area contributed by atoms with Crippen LogP contribution in [-0.4, -0.2) is 36.3 Å². The van der Waals surface area contributed by atoms with Crippen molar-refractivity contribution in [2.75, 3.05) is 19.6 Å². The lowest BCUT2D eigenvalue weighted by Gasteiger charge is -2.56. The first-order valence-electron chi connectivity index (χ1n) is 9.72. The average Bonchev–Trinajstić information content (AvgIpc) is 2.56. The van der Waals surface area contributed by atoms with Gasteiger partial charge in [0.2, 0.25) is 11.8 Å². The SMILES string of the molecule is CC1(C)[C@H]2CC=C(CCNC(=O)CCCN3CCCCC3=O)[C@@H]1C2. The standard InChI is InChI=1S/C20H32N2O2/c1-20(2)16-9-8-15(17(20)14-16)10-11-21-18(23)6-5-13-22-12-4-3-7-19(22)24/h8,16-17H,3-7,9-14H2,1-2H3,(H,21,23)/t16-,17-/m0/s1. The van der Waals surface area contributed by atoms with Gasteiger partial charge in [-0.2, -0.15) is 0 Å². The highest BCUT2D eigenvalue weighted by molar-refractivity contribution is 5.77. The van der Waals surface area contributed by atoms with Crippen molar-refractivity contribution in [1.29, 1.82) is 0 Å². The minimum absolute atomic E-state index is 0.126. The number of piperidine rings is 1. The molecule has 4 aliphatic rings. The van der Waals surface area contributed by atoms with Crippen LogP contribution in [0.4, 0.5) is 0 Å². The molecule has 4 heteroatoms. The highest BCUT2D eigenvalue weighted by Crippen LogP contribution is 2.59. The lowest BCUT2D eigenvalue weighted by Crippen LogP contribution is -2.48. The van der Waals surface area contributed by atoms with Crippen molar-refractivity contribution in [2.24, 2.45) is 17.3 Å². The predicted octanol–water partition coefficient (Wildman–Crippen LogP) is 3.28. The second kappa shape index (κ2) is 7.28. The molecule has 4 rings (SSSR count). The largest absolute Gasteiger partial charge is 0.356 e. The van der Waals surface area contributed by atoms with Crippen LogP contribution in [0.5, 0.6) is 0 Å². The summed E-state index contributed by atoms with van der Waals surface area (Å²) in [7, 11) is 0. The third-order valence-corrected chi connectivity index (χ3v) is 6.57. The van der Waals surface area contributed by atoms with Crippen LogP contribution in [0.2, 0.25) is 0 Å². The molecule has 134 valence electrons. The van der Waals surface area contributed by atoms with E-state index < -0.39 is 0 Å². The second-order valence-electron chi connectivity index (χ2n) is 8.36. The van der Waals surface area contributed by atoms with Crippen LogP contribution in [0.25, 0.3) is 0 Å². The molecule has 1 heterocycles. The molecule has 1 N–H and O–H groups in total. The molecule has 2 atom stereocenters. The molecule has 2 amide bonds. The Morgan fingerprint density at radius 1 is 1.38 bits per heavy atom. The fourth-order valence-corrected chi connectivity index (χ4v) is 4.72. The van der Waals surface area contributed by atoms with Crippen LogP contribution in [0.15, 0.2) is 11.6 Å². The van der Waals surface area contributed by atoms with Crippen molar-refractivity contribution in [3.63, 3.8) is 0 Å². The number of rotatable bonds is 7. The summed E-state index contributed by atoms with van der Waals surface area (Å²) in [5.74, 6) is 1.99. The van der Waals surface area contributed by atoms with Gasteiger partial charge < -0.3 is 10.2 Å². The Labute approximate surface area is 146 Å². The topological polar surface area (TPSA) is 49.4 Å². The number of fused-ring (bicyclic) bond motifs is 1. The number of carbonyl (C=O) groups is 2. The van der Waals surface area contributed by atoms with Gasteiger partial charge in [-0.1, -0.05) is 25.5 Å². The van der Waals surface area contributed by atoms with Gasteiger partial charge in [0.1, 0.15) is 0 Å². The second-order valence-corrected chi connectivity index (χ2v) is 8.36. The number of nitrogens with one attached hydrogen (secondary N) is 1. The normalized spacial score (nSPS) is 28.2. The number of likely N-dealkylation sites (tertiary alicyclic amines) is 1. The minimum Gasteiger partial charge on any atom is -0.356 e. The first-order chi connectivity index (χ1) is 11.5. The smallest absolute Gasteiger partial charge is 0.222 e. The molecule has 0 unspecified atom stereocenters. The summed E-state index contributed by atoms with van der Waals surface area (Å²) in [6.07, 6.45) is 10.1. The lowest BCUT2D eigenvalue weighted by atomic mass is 9.48. The van der Waals surface area contributed by atoms with E-state index in [4.69, 9.17) is 0 Å². The van der Waals surface area contributed by atoms with Gasteiger partial charge in [0, 0.05) is 32.5 Å². The Bertz CT molecular complexity index is 524. The fourth-order valence-electron chi connectivity index (χ4n) is 4.72. The summed E-state index contributed by atoms with van der Waals surface area (Å²) in [5, 5.41) is 3.06. The summed E-state index contributed by atoms with van der Waals surface area (Å²) < 4.78 is 0. The van der Waals surface area contributed by atoms with Crippen LogP contribution in [0.1, 0.15) is 65.2 Å². The lowest BCUT2D eigenvalue weighted by molar-refractivity contribution is -0.133. The predicted molar refractivity (Wildman–Crippen MR) is 95.4 cm³/mol. The fraction of sp³-hybridized carbons (Fsp3) is 0.800. The monoisotopic (exact) mass is 332 g/mol. The van der Waals surface area contributed by atoms with Crippen molar-refractivity contribution < 1.29 is 9.59 Å². The Balaban J connectivity index is 1.30. The van der Waals surface area contributed by atoms with Crippen molar-refractivity contribution in [3.8, 4) is 0 Å². The van der Waals surface area contributed by atoms with E-state index in [1.165, 1.54) is 12.8 Å². The molecular weight excluding hydrogens is 300 g/mol. The summed E-state index contributed by atoms with van der Waals surface area (Å²) >= 11 is 0. The third kappa shape index (κ3) is 3.68. The molecular formula is C20H32N2O2. The number of amides is 2. The van der Waals surface area contributed by atoms with E-state index in [-0.39, 0.29) is 11.8 Å². The molecule has 0 aromatic rings. The van der Waals surface area contributed by atoms with E-state index in [1.54, 1.807) is 5.57 Å². The average molecular weight is 332 g/mol. The first-order valence-corrected chi connectivity index (χ1v) is 9.72. The third-order valence-electron chi connectivity index (χ3n) is 6.57. The van der Waals surface area contributed by atoms with Crippen LogP contribution in [-0.2, 0) is 9.59 Å². The molecule has 3 aliphatic carbocycles. The van der Waals surface area contributed by atoms with Crippen molar-refractivity contribution in [3.05, 3.63) is 11.6 Å². The maximum absolute atomic E-state index is 12.0. The highest BCUT2D eigenvalue weighted by Gasteiger charge is 2.50. The van der Waals surface area contributed by atoms with Gasteiger partial charge in [-0.3, -0.25) is 9.59 Å². The quantitative estimate of drug-likeness (QED) is 0.727. The van der Waals surface area contributed by atoms with Gasteiger partial charge in [-0.15, -0.1) is 0 Å². The number of nitrogens with zero attached hydrogens (tertiary/aromatic N) is 1. The molecule has 0 aromatic heterocycles. The van der Waals surface area contributed by atoms with Crippen LogP contribution >= 0.6 is 0 Å². The number of hydrogen-bond donors (Lipinski definition) is 1. The molecule has 1 aliphatic heterocycles. The Kier molecular flexibility index (Phi) is 5.31. The minimum atomic E-state index is 0.126. The van der Waals surface area contributed by atoms with Gasteiger partial charge in [0.15, 0.2) is 0 Å². The van der Waals surface area contributed by atoms with Gasteiger partial charge in [0.25, 0.3) is 0 Å². The molecule has 24 heavy (non-hydrogen) atoms. The summed E-state index contributed by atoms with van der Waals surface area (Å²) in [5.41, 5.74) is 2.02. The Morgan fingerprint density at radius 3 is 2.92 bits per heavy atom. The van der Waals surface area contributed by atoms with Gasteiger partial charge in [-0.25, -0.2) is 0 Å². The summed E-state index contributed by atoms with van der Waals surface area (Å²) in [4.78, 5) is 25.6. The molecule has 0 radical (unpaired) electrons. The molecule has 0 spiro atoms. The maximum atomic E-state index is 12.0. The number of carbonyl (C=O) groups excluding carboxylic acids is 2. The Morgan fingerprint density at radius 2 is 2.21 bits per heavy atom. The molecule has 1 saturated carbocycles. The maximum Gasteiger partial charge on any atom is 0.222 e. The van der Waals surface area contributed by atoms with E-state index in [0.29, 0.717) is 18.3 Å². The van der Waals surface area contributed by atoms with Gasteiger partial charge in [0.05, 0.1) is 0 Å². The summed E-state index contributed by atoms with van der Waals surface area (Å²) in [6.45, 7) is 7.13. The van der Waals surface area contributed by atoms with E-state index in [1.807, 2.05) is 4.90 Å². The first kappa shape index (κ1) is 17.5. The molecule has 0 aromatic carbocycles. The zero-order valence-corrected chi connectivity index (χ0v) is 15.3. The highest BCUT2D eigenvalue weighted by atomic mass is 16.2. The van der Waals surface area contributed by atoms with Crippen LogP contribution < -0.4 is 5.32 Å². The molecule has 4 nitrogen and oxygen atoms in total. The Hall–Kier alpha value is -1.32. The number of hydrogen-bond acceptors (Lipinski definition) is 2. The van der Waals surface area contributed by atoms with Crippen LogP contribution in [0.3, 0.4) is 0 Å². The summed E-state index contributed by atoms with van der Waals surface area (Å²) in [6, 6.07) is 0. The van der Waals surface area contributed by atoms with E-state index in [2.05, 4.69) is 25.2 Å². The molecule has 1 saturated heterocycles. The van der Waals surface area contributed by atoms with E-state index in [0.717, 1.165) is 57.2 Å². The van der Waals surface area contributed by atoms with Crippen molar-refractivity contribution in [2.45, 2.75) is 65.2 Å². The van der Waals surface area contributed by atoms with Crippen LogP contribution in [0, 0.1) is 17.3 Å². The van der Waals surface area contributed by atoms with E-state index >= 15 is 0 Å². The zero-order valence-electron chi connectivity index (χ0n) is 15.3. The van der Waals surface area contributed by atoms with Crippen molar-refractivity contribution in [1.82, 2.24) is 10.2 Å². The molecule has 2 bridgehead atoms. The molecule has 2 fully saturated rings. The van der Waals surface area contributed by atoms with E-state index in [9.17, 15) is 9.59 Å².